The molecule has 0 saturated heterocycles. The Hall–Kier alpha value is -1.23. The summed E-state index contributed by atoms with van der Waals surface area (Å²) in [7, 11) is 0. The number of rotatable bonds is 3. The van der Waals surface area contributed by atoms with E-state index in [0.717, 1.165) is 0 Å². The topological polar surface area (TPSA) is 89.3 Å². The molecule has 2 amide bonds. The van der Waals surface area contributed by atoms with Gasteiger partial charge < -0.3 is 10.5 Å². The molecule has 0 unspecified atom stereocenters. The monoisotopic (exact) mass is 158 g/mol. The smallest absolute Gasteiger partial charge is 0.228 e. The SMILES string of the molecule is CC(=O)NC(=O)C[C@H](N)C=O. The molecule has 0 aliphatic carbocycles. The average molecular weight is 158 g/mol. The van der Waals surface area contributed by atoms with Crippen LogP contribution in [0.1, 0.15) is 13.3 Å². The number of imide groups is 1. The number of hydrogen-bond donors (Lipinski definition) is 2. The van der Waals surface area contributed by atoms with E-state index in [1.54, 1.807) is 0 Å². The largest absolute Gasteiger partial charge is 0.321 e. The fourth-order valence-electron chi connectivity index (χ4n) is 0.510. The molecule has 0 aromatic heterocycles. The molecule has 62 valence electrons. The summed E-state index contributed by atoms with van der Waals surface area (Å²) in [5.74, 6) is -0.981. The van der Waals surface area contributed by atoms with E-state index in [9.17, 15) is 14.4 Å². The molecule has 11 heavy (non-hydrogen) atoms. The zero-order valence-corrected chi connectivity index (χ0v) is 6.16. The molecule has 0 fully saturated rings. The van der Waals surface area contributed by atoms with Crippen molar-refractivity contribution >= 4 is 18.1 Å². The second-order valence-electron chi connectivity index (χ2n) is 2.11. The highest BCUT2D eigenvalue weighted by atomic mass is 16.2. The molecule has 0 aliphatic rings. The fraction of sp³-hybridized carbons (Fsp3) is 0.500. The van der Waals surface area contributed by atoms with Gasteiger partial charge in [0.25, 0.3) is 0 Å². The summed E-state index contributed by atoms with van der Waals surface area (Å²) < 4.78 is 0. The number of amides is 2. The molecule has 0 aliphatic heterocycles. The third kappa shape index (κ3) is 5.23. The molecule has 1 atom stereocenters. The summed E-state index contributed by atoms with van der Waals surface area (Å²) in [5, 5.41) is 1.99. The number of nitrogens with two attached hydrogens (primary N) is 1. The predicted octanol–water partition coefficient (Wildman–Crippen LogP) is -1.43. The quantitative estimate of drug-likeness (QED) is 0.492. The van der Waals surface area contributed by atoms with Gasteiger partial charge in [-0.1, -0.05) is 0 Å². The van der Waals surface area contributed by atoms with Crippen molar-refractivity contribution in [1.82, 2.24) is 5.32 Å². The number of carbonyl (C=O) groups excluding carboxylic acids is 3. The fourth-order valence-corrected chi connectivity index (χ4v) is 0.510. The highest BCUT2D eigenvalue weighted by Crippen LogP contribution is 1.82. The van der Waals surface area contributed by atoms with Crippen molar-refractivity contribution in [2.45, 2.75) is 19.4 Å². The first-order chi connectivity index (χ1) is 5.06. The van der Waals surface area contributed by atoms with Crippen molar-refractivity contribution in [2.24, 2.45) is 5.73 Å². The van der Waals surface area contributed by atoms with Gasteiger partial charge in [0, 0.05) is 13.3 Å². The summed E-state index contributed by atoms with van der Waals surface area (Å²) in [5.41, 5.74) is 5.11. The van der Waals surface area contributed by atoms with E-state index in [1.807, 2.05) is 5.32 Å². The Morgan fingerprint density at radius 1 is 1.64 bits per heavy atom. The molecule has 0 aromatic carbocycles. The molecule has 0 radical (unpaired) electrons. The van der Waals surface area contributed by atoms with E-state index in [2.05, 4.69) is 0 Å². The van der Waals surface area contributed by atoms with Crippen molar-refractivity contribution in [1.29, 1.82) is 0 Å². The van der Waals surface area contributed by atoms with Crippen LogP contribution in [-0.4, -0.2) is 24.1 Å². The van der Waals surface area contributed by atoms with Crippen LogP contribution in [0.3, 0.4) is 0 Å². The summed E-state index contributed by atoms with van der Waals surface area (Å²) in [6.45, 7) is 1.21. The number of carbonyl (C=O) groups is 3. The van der Waals surface area contributed by atoms with Crippen LogP contribution in [0.5, 0.6) is 0 Å². The number of aldehydes is 1. The molecule has 0 spiro atoms. The van der Waals surface area contributed by atoms with Crippen LogP contribution in [-0.2, 0) is 14.4 Å². The molecular weight excluding hydrogens is 148 g/mol. The highest BCUT2D eigenvalue weighted by molar-refractivity contribution is 5.95. The molecular formula is C6H10N2O3. The van der Waals surface area contributed by atoms with Gasteiger partial charge in [-0.05, 0) is 0 Å². The van der Waals surface area contributed by atoms with Crippen LogP contribution in [0, 0.1) is 0 Å². The predicted molar refractivity (Wildman–Crippen MR) is 37.5 cm³/mol. The minimum atomic E-state index is -0.825. The Morgan fingerprint density at radius 3 is 2.55 bits per heavy atom. The molecule has 0 aromatic rings. The van der Waals surface area contributed by atoms with Crippen molar-refractivity contribution < 1.29 is 14.4 Å². The molecule has 0 rings (SSSR count). The van der Waals surface area contributed by atoms with Gasteiger partial charge in [-0.15, -0.1) is 0 Å². The van der Waals surface area contributed by atoms with E-state index in [1.165, 1.54) is 6.92 Å². The third-order valence-corrected chi connectivity index (χ3v) is 0.911. The van der Waals surface area contributed by atoms with Gasteiger partial charge in [0.05, 0.1) is 6.04 Å². The van der Waals surface area contributed by atoms with Crippen molar-refractivity contribution in [3.8, 4) is 0 Å². The lowest BCUT2D eigenvalue weighted by atomic mass is 10.2. The van der Waals surface area contributed by atoms with E-state index in [0.29, 0.717) is 6.29 Å². The van der Waals surface area contributed by atoms with Gasteiger partial charge in [0.1, 0.15) is 6.29 Å². The van der Waals surface area contributed by atoms with Gasteiger partial charge in [0.15, 0.2) is 0 Å². The normalized spacial score (nSPS) is 11.8. The maximum Gasteiger partial charge on any atom is 0.228 e. The average Bonchev–Trinajstić information content (AvgIpc) is 1.85. The van der Waals surface area contributed by atoms with Crippen LogP contribution in [0.2, 0.25) is 0 Å². The van der Waals surface area contributed by atoms with Crippen LogP contribution in [0.4, 0.5) is 0 Å². The molecule has 3 N–H and O–H groups in total. The van der Waals surface area contributed by atoms with Gasteiger partial charge in [-0.3, -0.25) is 14.9 Å². The zero-order chi connectivity index (χ0) is 8.85. The molecule has 0 heterocycles. The lowest BCUT2D eigenvalue weighted by Gasteiger charge is -2.01. The highest BCUT2D eigenvalue weighted by Gasteiger charge is 2.08. The van der Waals surface area contributed by atoms with Crippen LogP contribution in [0.15, 0.2) is 0 Å². The number of hydrogen-bond acceptors (Lipinski definition) is 4. The maximum absolute atomic E-state index is 10.7. The summed E-state index contributed by atoms with van der Waals surface area (Å²) in [4.78, 5) is 30.9. The Bertz CT molecular complexity index is 179. The molecule has 0 saturated carbocycles. The second kappa shape index (κ2) is 4.56. The Balaban J connectivity index is 3.69. The molecule has 5 nitrogen and oxygen atoms in total. The van der Waals surface area contributed by atoms with Gasteiger partial charge in [-0.25, -0.2) is 0 Å². The zero-order valence-electron chi connectivity index (χ0n) is 6.16. The second-order valence-corrected chi connectivity index (χ2v) is 2.11. The van der Waals surface area contributed by atoms with E-state index in [4.69, 9.17) is 5.73 Å². The Kier molecular flexibility index (Phi) is 4.05. The molecule has 0 bridgehead atoms. The Morgan fingerprint density at radius 2 is 2.18 bits per heavy atom. The van der Waals surface area contributed by atoms with Gasteiger partial charge in [0.2, 0.25) is 11.8 Å². The maximum atomic E-state index is 10.7. The van der Waals surface area contributed by atoms with Gasteiger partial charge >= 0.3 is 0 Å². The first-order valence-corrected chi connectivity index (χ1v) is 3.07. The van der Waals surface area contributed by atoms with Crippen LogP contribution < -0.4 is 11.1 Å². The van der Waals surface area contributed by atoms with Crippen molar-refractivity contribution in [3.63, 3.8) is 0 Å². The summed E-state index contributed by atoms with van der Waals surface area (Å²) in [6, 6.07) is -0.825. The third-order valence-electron chi connectivity index (χ3n) is 0.911. The summed E-state index contributed by atoms with van der Waals surface area (Å²) in [6.07, 6.45) is 0.308. The lowest BCUT2D eigenvalue weighted by molar-refractivity contribution is -0.130. The van der Waals surface area contributed by atoms with Crippen molar-refractivity contribution in [3.05, 3.63) is 0 Å². The number of nitrogens with one attached hydrogen (secondary N) is 1. The van der Waals surface area contributed by atoms with Crippen LogP contribution >= 0.6 is 0 Å². The Labute approximate surface area is 63.9 Å². The summed E-state index contributed by atoms with van der Waals surface area (Å²) >= 11 is 0. The van der Waals surface area contributed by atoms with Crippen molar-refractivity contribution in [2.75, 3.05) is 0 Å². The van der Waals surface area contributed by atoms with E-state index in [-0.39, 0.29) is 6.42 Å². The molecule has 5 heteroatoms. The van der Waals surface area contributed by atoms with E-state index < -0.39 is 17.9 Å². The van der Waals surface area contributed by atoms with Gasteiger partial charge in [-0.2, -0.15) is 0 Å². The van der Waals surface area contributed by atoms with E-state index >= 15 is 0 Å². The lowest BCUT2D eigenvalue weighted by Crippen LogP contribution is -2.34. The van der Waals surface area contributed by atoms with Crippen LogP contribution in [0.25, 0.3) is 0 Å². The minimum absolute atomic E-state index is 0.150. The first kappa shape index (κ1) is 9.77. The first-order valence-electron chi connectivity index (χ1n) is 3.07. The minimum Gasteiger partial charge on any atom is -0.321 e. The standard InChI is InChI=1S/C6H10N2O3/c1-4(10)8-6(11)2-5(7)3-9/h3,5H,2,7H2,1H3,(H,8,10,11)/t5-/m0/s1.